The number of aromatic amines is 1. The largest absolute Gasteiger partial charge is 0.395 e. The third-order valence-electron chi connectivity index (χ3n) is 3.09. The van der Waals surface area contributed by atoms with Crippen LogP contribution in [0.1, 0.15) is 45.1 Å². The molecule has 0 aliphatic carbocycles. The fraction of sp³-hybridized carbons (Fsp3) is 0.769. The average molecular weight is 274 g/mol. The maximum absolute atomic E-state index is 9.24. The van der Waals surface area contributed by atoms with E-state index in [0.717, 1.165) is 30.8 Å². The topological polar surface area (TPSA) is 60.9 Å². The second-order valence-corrected chi connectivity index (χ2v) is 5.33. The lowest BCUT2D eigenvalue weighted by atomic mass is 10.1. The van der Waals surface area contributed by atoms with E-state index in [1.807, 2.05) is 0 Å². The molecule has 1 atom stereocenters. The lowest BCUT2D eigenvalue weighted by molar-refractivity contribution is 0.209. The van der Waals surface area contributed by atoms with E-state index in [4.69, 9.17) is 11.6 Å². The SMILES string of the molecule is CCCCc1nc(Cl)c(CNC(CO)C(C)C)[nH]1. The number of hydrogen-bond acceptors (Lipinski definition) is 3. The molecule has 0 radical (unpaired) electrons. The van der Waals surface area contributed by atoms with Gasteiger partial charge >= 0.3 is 0 Å². The van der Waals surface area contributed by atoms with Crippen molar-refractivity contribution in [2.75, 3.05) is 6.61 Å². The fourth-order valence-corrected chi connectivity index (χ4v) is 1.98. The van der Waals surface area contributed by atoms with Gasteiger partial charge in [0.05, 0.1) is 12.3 Å². The third-order valence-corrected chi connectivity index (χ3v) is 3.40. The minimum atomic E-state index is 0.0865. The van der Waals surface area contributed by atoms with Crippen LogP contribution in [0.15, 0.2) is 0 Å². The van der Waals surface area contributed by atoms with Crippen molar-refractivity contribution in [2.45, 2.75) is 52.6 Å². The molecule has 1 heterocycles. The van der Waals surface area contributed by atoms with Gasteiger partial charge in [0.25, 0.3) is 0 Å². The molecule has 4 nitrogen and oxygen atoms in total. The van der Waals surface area contributed by atoms with Gasteiger partial charge in [-0.3, -0.25) is 0 Å². The standard InChI is InChI=1S/C13H24ClN3O/c1-4-5-6-12-16-10(13(14)17-12)7-15-11(8-18)9(2)3/h9,11,15,18H,4-8H2,1-3H3,(H,16,17). The molecule has 3 N–H and O–H groups in total. The van der Waals surface area contributed by atoms with Gasteiger partial charge in [-0.2, -0.15) is 0 Å². The summed E-state index contributed by atoms with van der Waals surface area (Å²) >= 11 is 6.09. The number of rotatable bonds is 8. The molecule has 18 heavy (non-hydrogen) atoms. The summed E-state index contributed by atoms with van der Waals surface area (Å²) in [5, 5.41) is 13.1. The van der Waals surface area contributed by atoms with Crippen molar-refractivity contribution < 1.29 is 5.11 Å². The van der Waals surface area contributed by atoms with Gasteiger partial charge in [-0.15, -0.1) is 0 Å². The number of unbranched alkanes of at least 4 members (excludes halogenated alkanes) is 1. The quantitative estimate of drug-likeness (QED) is 0.682. The van der Waals surface area contributed by atoms with Crippen LogP contribution in [0.4, 0.5) is 0 Å². The Morgan fingerprint density at radius 2 is 2.17 bits per heavy atom. The van der Waals surface area contributed by atoms with Crippen LogP contribution in [0, 0.1) is 5.92 Å². The van der Waals surface area contributed by atoms with E-state index in [-0.39, 0.29) is 12.6 Å². The molecule has 1 aromatic rings. The number of nitrogens with one attached hydrogen (secondary N) is 2. The first-order chi connectivity index (χ1) is 8.58. The van der Waals surface area contributed by atoms with Crippen LogP contribution in [0.2, 0.25) is 5.15 Å². The number of nitrogens with zero attached hydrogens (tertiary/aromatic N) is 1. The Labute approximate surface area is 114 Å². The molecular formula is C13H24ClN3O. The number of aromatic nitrogens is 2. The summed E-state index contributed by atoms with van der Waals surface area (Å²) in [5.41, 5.74) is 0.905. The highest BCUT2D eigenvalue weighted by atomic mass is 35.5. The lowest BCUT2D eigenvalue weighted by Crippen LogP contribution is -2.36. The van der Waals surface area contributed by atoms with Crippen LogP contribution in [-0.4, -0.2) is 27.7 Å². The number of aryl methyl sites for hydroxylation is 1. The normalized spacial score (nSPS) is 13.2. The first-order valence-corrected chi connectivity index (χ1v) is 7.03. The van der Waals surface area contributed by atoms with Crippen molar-refractivity contribution in [2.24, 2.45) is 5.92 Å². The smallest absolute Gasteiger partial charge is 0.151 e. The van der Waals surface area contributed by atoms with Gasteiger partial charge in [-0.1, -0.05) is 38.8 Å². The predicted molar refractivity (Wildman–Crippen MR) is 74.8 cm³/mol. The maximum atomic E-state index is 9.24. The Morgan fingerprint density at radius 3 is 2.72 bits per heavy atom. The highest BCUT2D eigenvalue weighted by Gasteiger charge is 2.13. The van der Waals surface area contributed by atoms with Crippen LogP contribution >= 0.6 is 11.6 Å². The minimum absolute atomic E-state index is 0.0865. The first-order valence-electron chi connectivity index (χ1n) is 6.66. The van der Waals surface area contributed by atoms with Crippen LogP contribution < -0.4 is 5.32 Å². The number of aliphatic hydroxyl groups excluding tert-OH is 1. The van der Waals surface area contributed by atoms with Crippen LogP contribution in [0.3, 0.4) is 0 Å². The summed E-state index contributed by atoms with van der Waals surface area (Å²) in [6, 6.07) is 0.0865. The molecule has 5 heteroatoms. The lowest BCUT2D eigenvalue weighted by Gasteiger charge is -2.19. The monoisotopic (exact) mass is 273 g/mol. The van der Waals surface area contributed by atoms with Crippen LogP contribution in [-0.2, 0) is 13.0 Å². The van der Waals surface area contributed by atoms with E-state index < -0.39 is 0 Å². The summed E-state index contributed by atoms with van der Waals surface area (Å²) in [5.74, 6) is 1.33. The summed E-state index contributed by atoms with van der Waals surface area (Å²) in [6.45, 7) is 7.05. The molecule has 0 aliphatic heterocycles. The summed E-state index contributed by atoms with van der Waals surface area (Å²) in [6.07, 6.45) is 3.19. The first kappa shape index (κ1) is 15.5. The Hall–Kier alpha value is -0.580. The number of aliphatic hydroxyl groups is 1. The molecule has 104 valence electrons. The molecule has 1 aromatic heterocycles. The molecule has 0 saturated carbocycles. The summed E-state index contributed by atoms with van der Waals surface area (Å²) < 4.78 is 0. The Kier molecular flexibility index (Phi) is 6.68. The van der Waals surface area contributed by atoms with Crippen LogP contribution in [0.5, 0.6) is 0 Å². The van der Waals surface area contributed by atoms with Gasteiger partial charge in [0, 0.05) is 19.0 Å². The minimum Gasteiger partial charge on any atom is -0.395 e. The van der Waals surface area contributed by atoms with Crippen molar-refractivity contribution in [1.82, 2.24) is 15.3 Å². The maximum Gasteiger partial charge on any atom is 0.151 e. The zero-order valence-electron chi connectivity index (χ0n) is 11.5. The summed E-state index contributed by atoms with van der Waals surface area (Å²) in [7, 11) is 0. The Bertz CT molecular complexity index is 352. The van der Waals surface area contributed by atoms with Crippen LogP contribution in [0.25, 0.3) is 0 Å². The second kappa shape index (κ2) is 7.77. The van der Waals surface area contributed by atoms with Crippen molar-refractivity contribution in [1.29, 1.82) is 0 Å². The average Bonchev–Trinajstić information content (AvgIpc) is 2.68. The zero-order chi connectivity index (χ0) is 13.5. The van der Waals surface area contributed by atoms with Crippen molar-refractivity contribution in [3.05, 3.63) is 16.7 Å². The van der Waals surface area contributed by atoms with E-state index in [2.05, 4.69) is 36.1 Å². The predicted octanol–water partition coefficient (Wildman–Crippen LogP) is 2.51. The number of imidazole rings is 1. The molecule has 0 saturated heterocycles. The van der Waals surface area contributed by atoms with Crippen molar-refractivity contribution >= 4 is 11.6 Å². The molecule has 0 amide bonds. The summed E-state index contributed by atoms with van der Waals surface area (Å²) in [4.78, 5) is 7.55. The van der Waals surface area contributed by atoms with Gasteiger partial charge in [0.1, 0.15) is 5.82 Å². The Morgan fingerprint density at radius 1 is 1.44 bits per heavy atom. The van der Waals surface area contributed by atoms with Gasteiger partial charge < -0.3 is 15.4 Å². The number of H-pyrrole nitrogens is 1. The van der Waals surface area contributed by atoms with E-state index in [1.165, 1.54) is 0 Å². The van der Waals surface area contributed by atoms with E-state index >= 15 is 0 Å². The Balaban J connectivity index is 2.53. The zero-order valence-corrected chi connectivity index (χ0v) is 12.2. The number of halogens is 1. The van der Waals surface area contributed by atoms with Gasteiger partial charge in [0.2, 0.25) is 0 Å². The molecule has 0 spiro atoms. The van der Waals surface area contributed by atoms with Crippen molar-refractivity contribution in [3.8, 4) is 0 Å². The van der Waals surface area contributed by atoms with E-state index in [1.54, 1.807) is 0 Å². The highest BCUT2D eigenvalue weighted by Crippen LogP contribution is 2.14. The van der Waals surface area contributed by atoms with E-state index in [9.17, 15) is 5.11 Å². The molecule has 0 bridgehead atoms. The molecular weight excluding hydrogens is 250 g/mol. The van der Waals surface area contributed by atoms with Gasteiger partial charge in [-0.05, 0) is 12.3 Å². The fourth-order valence-electron chi connectivity index (χ4n) is 1.76. The molecule has 0 aromatic carbocycles. The third kappa shape index (κ3) is 4.59. The molecule has 0 fully saturated rings. The van der Waals surface area contributed by atoms with Crippen molar-refractivity contribution in [3.63, 3.8) is 0 Å². The molecule has 0 aliphatic rings. The molecule has 1 unspecified atom stereocenters. The van der Waals surface area contributed by atoms with E-state index in [0.29, 0.717) is 17.6 Å². The highest BCUT2D eigenvalue weighted by molar-refractivity contribution is 6.30. The van der Waals surface area contributed by atoms with Gasteiger partial charge in [-0.25, -0.2) is 4.98 Å². The number of hydrogen-bond donors (Lipinski definition) is 3. The molecule has 1 rings (SSSR count). The second-order valence-electron chi connectivity index (χ2n) is 4.97. The van der Waals surface area contributed by atoms with Gasteiger partial charge in [0.15, 0.2) is 5.15 Å².